The molecule has 0 saturated heterocycles. The Morgan fingerprint density at radius 1 is 0.487 bits per heavy atom. The molecule has 4 nitrogen and oxygen atoms in total. The summed E-state index contributed by atoms with van der Waals surface area (Å²) >= 11 is 0. The van der Waals surface area contributed by atoms with E-state index in [2.05, 4.69) is 101 Å². The lowest BCUT2D eigenvalue weighted by Crippen LogP contribution is -1.97. The average molecular weight is 499 g/mol. The molecule has 0 saturated carbocycles. The van der Waals surface area contributed by atoms with Crippen molar-refractivity contribution < 1.29 is 0 Å². The highest BCUT2D eigenvalue weighted by molar-refractivity contribution is 6.13. The van der Waals surface area contributed by atoms with E-state index in [1.54, 1.807) is 12.4 Å². The number of hydrogen-bond acceptors (Lipinski definition) is 3. The molecule has 3 heterocycles. The summed E-state index contributed by atoms with van der Waals surface area (Å²) in [5.74, 6) is 0.709. The summed E-state index contributed by atoms with van der Waals surface area (Å²) in [4.78, 5) is 14.1. The zero-order valence-electron chi connectivity index (χ0n) is 21.0. The van der Waals surface area contributed by atoms with Crippen molar-refractivity contribution in [2.75, 3.05) is 0 Å². The molecule has 0 aliphatic heterocycles. The van der Waals surface area contributed by atoms with Gasteiger partial charge in [-0.2, -0.15) is 0 Å². The van der Waals surface area contributed by atoms with Crippen LogP contribution in [0.15, 0.2) is 134 Å². The molecule has 39 heavy (non-hydrogen) atoms. The van der Waals surface area contributed by atoms with Gasteiger partial charge in [-0.05, 0) is 71.4 Å². The van der Waals surface area contributed by atoms with E-state index in [4.69, 9.17) is 9.97 Å². The van der Waals surface area contributed by atoms with E-state index in [0.29, 0.717) is 5.82 Å². The summed E-state index contributed by atoms with van der Waals surface area (Å²) in [5, 5.41) is 6.03. The second kappa shape index (κ2) is 8.61. The molecule has 0 radical (unpaired) electrons. The predicted octanol–water partition coefficient (Wildman–Crippen LogP) is 8.61. The molecule has 8 rings (SSSR count). The minimum atomic E-state index is 0.709. The highest BCUT2D eigenvalue weighted by Crippen LogP contribution is 2.35. The Morgan fingerprint density at radius 2 is 1.18 bits per heavy atom. The quantitative estimate of drug-likeness (QED) is 0.245. The highest BCUT2D eigenvalue weighted by atomic mass is 15.0. The highest BCUT2D eigenvalue weighted by Gasteiger charge is 2.15. The van der Waals surface area contributed by atoms with Crippen molar-refractivity contribution in [1.29, 1.82) is 0 Å². The number of benzene rings is 5. The van der Waals surface area contributed by atoms with E-state index >= 15 is 0 Å². The fourth-order valence-corrected chi connectivity index (χ4v) is 5.63. The maximum atomic E-state index is 5.02. The van der Waals surface area contributed by atoms with Crippen molar-refractivity contribution >= 4 is 43.5 Å². The third-order valence-corrected chi connectivity index (χ3v) is 7.48. The van der Waals surface area contributed by atoms with Crippen LogP contribution >= 0.6 is 0 Å². The van der Waals surface area contributed by atoms with Crippen LogP contribution in [0.5, 0.6) is 0 Å². The van der Waals surface area contributed by atoms with Crippen molar-refractivity contribution in [1.82, 2.24) is 19.5 Å². The van der Waals surface area contributed by atoms with Gasteiger partial charge in [-0.3, -0.25) is 4.98 Å². The Balaban J connectivity index is 1.30. The van der Waals surface area contributed by atoms with Crippen LogP contribution in [0.3, 0.4) is 0 Å². The summed E-state index contributed by atoms with van der Waals surface area (Å²) in [5.41, 5.74) is 7.34. The lowest BCUT2D eigenvalue weighted by molar-refractivity contribution is 1.17. The summed E-state index contributed by atoms with van der Waals surface area (Å²) in [6.45, 7) is 0. The first-order valence-corrected chi connectivity index (χ1v) is 13.0. The molecule has 0 atom stereocenters. The van der Waals surface area contributed by atoms with E-state index in [1.807, 2.05) is 30.3 Å². The second-order valence-electron chi connectivity index (χ2n) is 9.76. The van der Waals surface area contributed by atoms with Crippen LogP contribution in [0.25, 0.3) is 71.8 Å². The van der Waals surface area contributed by atoms with Crippen LogP contribution in [0.2, 0.25) is 0 Å². The third-order valence-electron chi connectivity index (χ3n) is 7.48. The Morgan fingerprint density at radius 3 is 2.00 bits per heavy atom. The van der Waals surface area contributed by atoms with Crippen LogP contribution in [0.1, 0.15) is 0 Å². The van der Waals surface area contributed by atoms with Crippen molar-refractivity contribution in [3.63, 3.8) is 0 Å². The molecule has 182 valence electrons. The van der Waals surface area contributed by atoms with Crippen LogP contribution in [-0.4, -0.2) is 19.5 Å². The number of pyridine rings is 1. The summed E-state index contributed by atoms with van der Waals surface area (Å²) in [6, 6.07) is 42.5. The van der Waals surface area contributed by atoms with Crippen molar-refractivity contribution in [2.45, 2.75) is 0 Å². The van der Waals surface area contributed by atoms with Crippen LogP contribution in [0, 0.1) is 0 Å². The maximum Gasteiger partial charge on any atom is 0.160 e. The van der Waals surface area contributed by atoms with E-state index in [1.165, 1.54) is 32.6 Å². The Labute approximate surface area is 224 Å². The van der Waals surface area contributed by atoms with Gasteiger partial charge in [0, 0.05) is 45.4 Å². The normalized spacial score (nSPS) is 11.6. The standard InChI is InChI=1S/C35H22N4/c1-2-8-26-22-33-30(21-25(26)7-1)28-9-4-6-12-32(28)39(33)27-15-13-24(14-16-27)35-37-31-11-5-3-10-29(31)34(38-35)23-17-19-36-20-18-23/h1-22H. The molecule has 8 aromatic rings. The monoisotopic (exact) mass is 498 g/mol. The SMILES string of the molecule is c1ccc2cc3c(cc2c1)c1ccccc1n3-c1ccc(-c2nc(-c3ccncc3)c3ccccc3n2)cc1. The molecule has 0 spiro atoms. The topological polar surface area (TPSA) is 43.6 Å². The summed E-state index contributed by atoms with van der Waals surface area (Å²) in [6.07, 6.45) is 3.60. The van der Waals surface area contributed by atoms with Crippen molar-refractivity contribution in [3.05, 3.63) is 134 Å². The fraction of sp³-hybridized carbons (Fsp3) is 0. The van der Waals surface area contributed by atoms with Crippen LogP contribution < -0.4 is 0 Å². The van der Waals surface area contributed by atoms with E-state index in [0.717, 1.165) is 33.4 Å². The number of rotatable bonds is 3. The number of fused-ring (bicyclic) bond motifs is 5. The molecular weight excluding hydrogens is 476 g/mol. The molecule has 0 fully saturated rings. The molecule has 0 amide bonds. The molecule has 0 unspecified atom stereocenters. The van der Waals surface area contributed by atoms with Gasteiger partial charge in [0.1, 0.15) is 0 Å². The van der Waals surface area contributed by atoms with Gasteiger partial charge in [0.05, 0.1) is 22.2 Å². The zero-order chi connectivity index (χ0) is 25.8. The van der Waals surface area contributed by atoms with E-state index in [9.17, 15) is 0 Å². The van der Waals surface area contributed by atoms with Gasteiger partial charge >= 0.3 is 0 Å². The van der Waals surface area contributed by atoms with Gasteiger partial charge in [0.2, 0.25) is 0 Å². The molecule has 0 N–H and O–H groups in total. The Kier molecular flexibility index (Phi) is 4.79. The fourth-order valence-electron chi connectivity index (χ4n) is 5.63. The average Bonchev–Trinajstić information content (AvgIpc) is 3.33. The van der Waals surface area contributed by atoms with Gasteiger partial charge in [0.25, 0.3) is 0 Å². The lowest BCUT2D eigenvalue weighted by atomic mass is 10.1. The van der Waals surface area contributed by atoms with Crippen molar-refractivity contribution in [3.8, 4) is 28.3 Å². The third kappa shape index (κ3) is 3.50. The zero-order valence-corrected chi connectivity index (χ0v) is 21.0. The maximum absolute atomic E-state index is 5.02. The lowest BCUT2D eigenvalue weighted by Gasteiger charge is -2.11. The molecule has 0 bridgehead atoms. The van der Waals surface area contributed by atoms with Gasteiger partial charge in [-0.15, -0.1) is 0 Å². The second-order valence-corrected chi connectivity index (χ2v) is 9.76. The summed E-state index contributed by atoms with van der Waals surface area (Å²) < 4.78 is 2.35. The van der Waals surface area contributed by atoms with E-state index < -0.39 is 0 Å². The minimum Gasteiger partial charge on any atom is -0.309 e. The molecule has 0 aliphatic rings. The van der Waals surface area contributed by atoms with Gasteiger partial charge in [-0.25, -0.2) is 9.97 Å². The van der Waals surface area contributed by atoms with Gasteiger partial charge in [-0.1, -0.05) is 60.7 Å². The smallest absolute Gasteiger partial charge is 0.160 e. The van der Waals surface area contributed by atoms with Gasteiger partial charge in [0.15, 0.2) is 5.82 Å². The minimum absolute atomic E-state index is 0.709. The van der Waals surface area contributed by atoms with Crippen LogP contribution in [0.4, 0.5) is 0 Å². The number of para-hydroxylation sites is 2. The largest absolute Gasteiger partial charge is 0.309 e. The first-order chi connectivity index (χ1) is 19.3. The van der Waals surface area contributed by atoms with Crippen LogP contribution in [-0.2, 0) is 0 Å². The number of nitrogens with zero attached hydrogens (tertiary/aromatic N) is 4. The predicted molar refractivity (Wildman–Crippen MR) is 160 cm³/mol. The van der Waals surface area contributed by atoms with E-state index in [-0.39, 0.29) is 0 Å². The Bertz CT molecular complexity index is 2160. The Hall–Kier alpha value is -5.35. The molecule has 3 aromatic heterocycles. The molecular formula is C35H22N4. The van der Waals surface area contributed by atoms with Crippen molar-refractivity contribution in [2.24, 2.45) is 0 Å². The first kappa shape index (κ1) is 21.7. The molecule has 5 aromatic carbocycles. The molecule has 4 heteroatoms. The number of aromatic nitrogens is 4. The molecule has 0 aliphatic carbocycles. The first-order valence-electron chi connectivity index (χ1n) is 13.0. The number of hydrogen-bond donors (Lipinski definition) is 0. The van der Waals surface area contributed by atoms with Gasteiger partial charge < -0.3 is 4.57 Å². The summed E-state index contributed by atoms with van der Waals surface area (Å²) in [7, 11) is 0.